The number of hydrogen-bond donors (Lipinski definition) is 2. The first-order valence-corrected chi connectivity index (χ1v) is 16.0. The van der Waals surface area contributed by atoms with Gasteiger partial charge in [0.05, 0.1) is 5.69 Å². The fraction of sp³-hybridized carbons (Fsp3) is 0.219. The lowest BCUT2D eigenvalue weighted by Crippen LogP contribution is -2.61. The van der Waals surface area contributed by atoms with Gasteiger partial charge in [0.2, 0.25) is 21.8 Å². The van der Waals surface area contributed by atoms with Crippen LogP contribution in [-0.4, -0.2) is 72.1 Å². The Hall–Kier alpha value is -5.48. The molecule has 2 aromatic heterocycles. The molecule has 0 bridgehead atoms. The molecule has 13 nitrogen and oxygen atoms in total. The molecule has 1 saturated heterocycles. The van der Waals surface area contributed by atoms with Crippen molar-refractivity contribution in [3.63, 3.8) is 0 Å². The number of imide groups is 1. The van der Waals surface area contributed by atoms with Crippen LogP contribution in [0.2, 0.25) is 0 Å². The van der Waals surface area contributed by atoms with E-state index >= 15 is 4.39 Å². The molecule has 2 N–H and O–H groups in total. The van der Waals surface area contributed by atoms with E-state index in [0.29, 0.717) is 5.82 Å². The summed E-state index contributed by atoms with van der Waals surface area (Å²) >= 11 is 0. The van der Waals surface area contributed by atoms with Gasteiger partial charge in [-0.05, 0) is 62.4 Å². The molecule has 2 aromatic carbocycles. The normalized spacial score (nSPS) is 15.2. The third kappa shape index (κ3) is 7.24. The second-order valence-corrected chi connectivity index (χ2v) is 13.3. The van der Waals surface area contributed by atoms with Crippen LogP contribution in [0.25, 0.3) is 0 Å². The number of ether oxygens (including phenoxy) is 1. The van der Waals surface area contributed by atoms with Crippen molar-refractivity contribution in [3.8, 4) is 11.5 Å². The summed E-state index contributed by atoms with van der Waals surface area (Å²) in [5, 5.41) is 5.45. The number of halogens is 2. The van der Waals surface area contributed by atoms with Crippen molar-refractivity contribution in [2.24, 2.45) is 5.92 Å². The number of amides is 4. The highest BCUT2D eigenvalue weighted by molar-refractivity contribution is 7.89. The molecule has 1 atom stereocenters. The molecule has 16 heteroatoms. The van der Waals surface area contributed by atoms with E-state index in [0.717, 1.165) is 21.3 Å². The van der Waals surface area contributed by atoms with Crippen molar-refractivity contribution in [2.45, 2.75) is 24.8 Å². The van der Waals surface area contributed by atoms with E-state index in [-0.39, 0.29) is 46.2 Å². The van der Waals surface area contributed by atoms with Gasteiger partial charge in [-0.15, -0.1) is 0 Å². The molecule has 1 unspecified atom stereocenters. The number of nitrogens with zero attached hydrogens (tertiary/aromatic N) is 5. The summed E-state index contributed by atoms with van der Waals surface area (Å²) in [7, 11) is -0.816. The Labute approximate surface area is 275 Å². The fourth-order valence-electron chi connectivity index (χ4n) is 4.72. The molecule has 5 rings (SSSR count). The first-order valence-electron chi connectivity index (χ1n) is 14.5. The van der Waals surface area contributed by atoms with Crippen molar-refractivity contribution in [3.05, 3.63) is 90.8 Å². The molecule has 1 aliphatic rings. The topological polar surface area (TPSA) is 154 Å². The Kier molecular flexibility index (Phi) is 9.67. The number of hydrogen-bond acceptors (Lipinski definition) is 9. The number of aromatic nitrogens is 2. The van der Waals surface area contributed by atoms with Crippen LogP contribution in [0.1, 0.15) is 13.8 Å². The number of nitrogens with one attached hydrogen (secondary N) is 2. The summed E-state index contributed by atoms with van der Waals surface area (Å²) in [4.78, 5) is 50.2. The van der Waals surface area contributed by atoms with Gasteiger partial charge in [-0.25, -0.2) is 41.2 Å². The second-order valence-electron chi connectivity index (χ2n) is 11.1. The minimum absolute atomic E-state index is 0.0141. The quantitative estimate of drug-likeness (QED) is 0.221. The van der Waals surface area contributed by atoms with E-state index in [1.54, 1.807) is 13.8 Å². The van der Waals surface area contributed by atoms with Crippen molar-refractivity contribution in [1.29, 1.82) is 0 Å². The highest BCUT2D eigenvalue weighted by Gasteiger charge is 2.44. The maximum Gasteiger partial charge on any atom is 0.331 e. The fourth-order valence-corrected chi connectivity index (χ4v) is 5.57. The van der Waals surface area contributed by atoms with Gasteiger partial charge in [0.25, 0.3) is 0 Å². The number of rotatable bonds is 10. The van der Waals surface area contributed by atoms with Gasteiger partial charge in [0.15, 0.2) is 11.6 Å². The average Bonchev–Trinajstić information content (AvgIpc) is 3.03. The smallest absolute Gasteiger partial charge is 0.331 e. The maximum atomic E-state index is 15.2. The SMILES string of the molecule is CC(C)N1CC(C(=O)Nc2ccc(Oc3ccnc(Nc4ccc(S(=O)(=O)N(C)C)cn4)c3)c(F)c2)C(=O)N(c2cccc(F)c2)C1=O. The number of benzene rings is 2. The molecule has 3 heterocycles. The molecule has 48 heavy (non-hydrogen) atoms. The Morgan fingerprint density at radius 3 is 2.42 bits per heavy atom. The number of pyridine rings is 2. The third-order valence-electron chi connectivity index (χ3n) is 7.27. The lowest BCUT2D eigenvalue weighted by molar-refractivity contribution is -0.132. The molecule has 0 aliphatic carbocycles. The van der Waals surface area contributed by atoms with Crippen LogP contribution in [0, 0.1) is 17.6 Å². The first-order chi connectivity index (χ1) is 22.7. The van der Waals surface area contributed by atoms with Crippen LogP contribution < -0.4 is 20.3 Å². The highest BCUT2D eigenvalue weighted by atomic mass is 32.2. The summed E-state index contributed by atoms with van der Waals surface area (Å²) < 4.78 is 60.4. The molecular formula is C32H31F2N7O6S. The predicted molar refractivity (Wildman–Crippen MR) is 172 cm³/mol. The van der Waals surface area contributed by atoms with Gasteiger partial charge in [0.1, 0.15) is 34.0 Å². The minimum atomic E-state index is -3.65. The van der Waals surface area contributed by atoms with Gasteiger partial charge in [0, 0.05) is 56.9 Å². The van der Waals surface area contributed by atoms with E-state index in [1.807, 2.05) is 0 Å². The van der Waals surface area contributed by atoms with Crippen LogP contribution >= 0.6 is 0 Å². The number of sulfonamides is 1. The Morgan fingerprint density at radius 1 is 1.00 bits per heavy atom. The zero-order valence-electron chi connectivity index (χ0n) is 26.2. The van der Waals surface area contributed by atoms with Crippen molar-refractivity contribution < 1.29 is 36.3 Å². The largest absolute Gasteiger partial charge is 0.454 e. The van der Waals surface area contributed by atoms with Gasteiger partial charge in [-0.3, -0.25) is 9.59 Å². The van der Waals surface area contributed by atoms with Gasteiger partial charge in [-0.1, -0.05) is 6.07 Å². The zero-order valence-corrected chi connectivity index (χ0v) is 27.0. The second kappa shape index (κ2) is 13.7. The molecule has 0 radical (unpaired) electrons. The number of carbonyl (C=O) groups is 3. The number of anilines is 4. The molecular weight excluding hydrogens is 648 g/mol. The van der Waals surface area contributed by atoms with Crippen LogP contribution in [0.3, 0.4) is 0 Å². The molecule has 1 aliphatic heterocycles. The van der Waals surface area contributed by atoms with E-state index < -0.39 is 45.4 Å². The lowest BCUT2D eigenvalue weighted by Gasteiger charge is -2.39. The summed E-state index contributed by atoms with van der Waals surface area (Å²) in [5.74, 6) is -3.83. The van der Waals surface area contributed by atoms with Gasteiger partial charge in [-0.2, -0.15) is 0 Å². The van der Waals surface area contributed by atoms with E-state index in [1.165, 1.54) is 86.0 Å². The van der Waals surface area contributed by atoms with Crippen molar-refractivity contribution >= 4 is 50.9 Å². The number of urea groups is 1. The zero-order chi connectivity index (χ0) is 34.7. The molecule has 250 valence electrons. The van der Waals surface area contributed by atoms with Crippen molar-refractivity contribution in [2.75, 3.05) is 36.2 Å². The Balaban J connectivity index is 1.27. The molecule has 0 saturated carbocycles. The van der Waals surface area contributed by atoms with E-state index in [2.05, 4.69) is 20.6 Å². The minimum Gasteiger partial charge on any atom is -0.454 e. The summed E-state index contributed by atoms with van der Waals surface area (Å²) in [6, 6.07) is 13.4. The van der Waals surface area contributed by atoms with Crippen LogP contribution in [0.4, 0.5) is 36.6 Å². The summed E-state index contributed by atoms with van der Waals surface area (Å²) in [6.07, 6.45) is 2.62. The third-order valence-corrected chi connectivity index (χ3v) is 9.07. The number of carbonyl (C=O) groups excluding carboxylic acids is 3. The van der Waals surface area contributed by atoms with Gasteiger partial charge >= 0.3 is 6.03 Å². The lowest BCUT2D eigenvalue weighted by atomic mass is 10.0. The highest BCUT2D eigenvalue weighted by Crippen LogP contribution is 2.30. The standard InChI is InChI=1S/C32H31F2N7O6S/c1-19(2)40-18-25(31(43)41(32(40)44)22-7-5-6-20(33)14-22)30(42)37-21-8-10-27(26(34)15-21)47-23-12-13-35-29(16-23)38-28-11-9-24(17-36-28)48(45,46)39(3)4/h5-17,19,25H,18H2,1-4H3,(H,37,42)(H,35,36,38). The first kappa shape index (κ1) is 33.9. The van der Waals surface area contributed by atoms with E-state index in [9.17, 15) is 27.2 Å². The molecule has 4 amide bonds. The van der Waals surface area contributed by atoms with Crippen molar-refractivity contribution in [1.82, 2.24) is 19.2 Å². The molecule has 4 aromatic rings. The maximum absolute atomic E-state index is 15.2. The summed E-state index contributed by atoms with van der Waals surface area (Å²) in [6.45, 7) is 3.22. The Bertz CT molecular complexity index is 1980. The average molecular weight is 680 g/mol. The predicted octanol–water partition coefficient (Wildman–Crippen LogP) is 4.97. The molecule has 0 spiro atoms. The van der Waals surface area contributed by atoms with Gasteiger partial charge < -0.3 is 20.3 Å². The Morgan fingerprint density at radius 2 is 1.77 bits per heavy atom. The van der Waals surface area contributed by atoms with E-state index in [4.69, 9.17) is 4.74 Å². The van der Waals surface area contributed by atoms with Crippen LogP contribution in [-0.2, 0) is 19.6 Å². The van der Waals surface area contributed by atoms with Crippen LogP contribution in [0.15, 0.2) is 84.0 Å². The monoisotopic (exact) mass is 679 g/mol. The van der Waals surface area contributed by atoms with Crippen LogP contribution in [0.5, 0.6) is 11.5 Å². The summed E-state index contributed by atoms with van der Waals surface area (Å²) in [5.41, 5.74) is 0.0191. The molecule has 1 fully saturated rings.